The van der Waals surface area contributed by atoms with E-state index in [1.165, 1.54) is 141 Å². The summed E-state index contributed by atoms with van der Waals surface area (Å²) in [5.74, 6) is 1.39. The standard InChI is InChI=1S/C32H58O/c1-29(31-21-17-13-9-5-3-6-10-14-18-22-31)25-27-33-28-26-30(2)32-23-19-15-11-7-4-8-12-16-20-24-32/h21,23,29-30H,3-20,22,24-28H2,1-2H3. The van der Waals surface area contributed by atoms with E-state index in [0.717, 1.165) is 13.2 Å². The van der Waals surface area contributed by atoms with Gasteiger partial charge in [0.05, 0.1) is 0 Å². The van der Waals surface area contributed by atoms with Crippen LogP contribution < -0.4 is 0 Å². The highest BCUT2D eigenvalue weighted by Gasteiger charge is 2.12. The first-order valence-corrected chi connectivity index (χ1v) is 15.2. The van der Waals surface area contributed by atoms with Crippen molar-refractivity contribution >= 4 is 0 Å². The lowest BCUT2D eigenvalue weighted by molar-refractivity contribution is 0.115. The third kappa shape index (κ3) is 14.4. The molecule has 1 heteroatoms. The summed E-state index contributed by atoms with van der Waals surface area (Å²) in [5, 5.41) is 0. The maximum atomic E-state index is 6.18. The Labute approximate surface area is 208 Å². The number of ether oxygens (including phenoxy) is 1. The molecule has 0 bridgehead atoms. The van der Waals surface area contributed by atoms with Gasteiger partial charge in [0.2, 0.25) is 0 Å². The maximum Gasteiger partial charge on any atom is 0.0471 e. The monoisotopic (exact) mass is 458 g/mol. The van der Waals surface area contributed by atoms with Gasteiger partial charge in [-0.2, -0.15) is 0 Å². The van der Waals surface area contributed by atoms with Crippen molar-refractivity contribution in [3.63, 3.8) is 0 Å². The Balaban J connectivity index is 1.67. The fourth-order valence-corrected chi connectivity index (χ4v) is 5.74. The van der Waals surface area contributed by atoms with Gasteiger partial charge in [-0.05, 0) is 76.0 Å². The lowest BCUT2D eigenvalue weighted by Gasteiger charge is -2.19. The van der Waals surface area contributed by atoms with Crippen molar-refractivity contribution in [3.8, 4) is 0 Å². The van der Waals surface area contributed by atoms with Crippen LogP contribution in [-0.4, -0.2) is 13.2 Å². The molecule has 0 heterocycles. The van der Waals surface area contributed by atoms with E-state index in [2.05, 4.69) is 26.0 Å². The Morgan fingerprint density at radius 1 is 0.515 bits per heavy atom. The van der Waals surface area contributed by atoms with Gasteiger partial charge in [-0.15, -0.1) is 0 Å². The minimum Gasteiger partial charge on any atom is -0.381 e. The molecular weight excluding hydrogens is 400 g/mol. The highest BCUT2D eigenvalue weighted by Crippen LogP contribution is 2.26. The average Bonchev–Trinajstić information content (AvgIpc) is 2.79. The van der Waals surface area contributed by atoms with Gasteiger partial charge in [0.1, 0.15) is 0 Å². The molecule has 0 saturated heterocycles. The Morgan fingerprint density at radius 2 is 0.848 bits per heavy atom. The van der Waals surface area contributed by atoms with E-state index in [4.69, 9.17) is 4.74 Å². The van der Waals surface area contributed by atoms with Gasteiger partial charge in [-0.1, -0.05) is 114 Å². The third-order valence-electron chi connectivity index (χ3n) is 8.31. The topological polar surface area (TPSA) is 9.23 Å². The van der Waals surface area contributed by atoms with Gasteiger partial charge < -0.3 is 4.74 Å². The van der Waals surface area contributed by atoms with E-state index >= 15 is 0 Å². The predicted octanol–water partition coefficient (Wildman–Crippen LogP) is 10.7. The van der Waals surface area contributed by atoms with Crippen LogP contribution in [0.1, 0.15) is 155 Å². The van der Waals surface area contributed by atoms with Gasteiger partial charge in [-0.3, -0.25) is 0 Å². The Morgan fingerprint density at radius 3 is 1.24 bits per heavy atom. The van der Waals surface area contributed by atoms with E-state index in [1.54, 1.807) is 11.1 Å². The summed E-state index contributed by atoms with van der Waals surface area (Å²) in [5.41, 5.74) is 3.46. The summed E-state index contributed by atoms with van der Waals surface area (Å²) in [6, 6.07) is 0. The minimum absolute atomic E-state index is 0.694. The molecule has 2 aliphatic rings. The second-order valence-corrected chi connectivity index (χ2v) is 11.3. The van der Waals surface area contributed by atoms with Crippen LogP contribution in [-0.2, 0) is 4.74 Å². The van der Waals surface area contributed by atoms with E-state index in [1.807, 2.05) is 0 Å². The number of rotatable bonds is 8. The Hall–Kier alpha value is -0.560. The highest BCUT2D eigenvalue weighted by molar-refractivity contribution is 5.07. The fraction of sp³-hybridized carbons (Fsp3) is 0.875. The van der Waals surface area contributed by atoms with Gasteiger partial charge in [0.25, 0.3) is 0 Å². The molecule has 0 aromatic heterocycles. The first kappa shape index (κ1) is 28.7. The van der Waals surface area contributed by atoms with Crippen molar-refractivity contribution in [2.24, 2.45) is 11.8 Å². The van der Waals surface area contributed by atoms with Crippen molar-refractivity contribution in [1.29, 1.82) is 0 Å². The van der Waals surface area contributed by atoms with Crippen LogP contribution in [0.3, 0.4) is 0 Å². The molecule has 0 radical (unpaired) electrons. The average molecular weight is 459 g/mol. The van der Waals surface area contributed by atoms with Crippen LogP contribution in [0, 0.1) is 11.8 Å². The molecule has 1 nitrogen and oxygen atoms in total. The molecule has 0 fully saturated rings. The summed E-state index contributed by atoms with van der Waals surface area (Å²) in [6.45, 7) is 6.76. The molecule has 0 aromatic carbocycles. The maximum absolute atomic E-state index is 6.18. The molecule has 0 N–H and O–H groups in total. The molecule has 192 valence electrons. The van der Waals surface area contributed by atoms with Crippen molar-refractivity contribution in [1.82, 2.24) is 0 Å². The number of allylic oxidation sites excluding steroid dienone is 4. The van der Waals surface area contributed by atoms with Gasteiger partial charge in [0.15, 0.2) is 0 Å². The summed E-state index contributed by atoms with van der Waals surface area (Å²) in [7, 11) is 0. The smallest absolute Gasteiger partial charge is 0.0471 e. The molecule has 2 atom stereocenters. The van der Waals surface area contributed by atoms with Crippen molar-refractivity contribution < 1.29 is 4.74 Å². The minimum atomic E-state index is 0.694. The summed E-state index contributed by atoms with van der Waals surface area (Å²) in [4.78, 5) is 0. The lowest BCUT2D eigenvalue weighted by Crippen LogP contribution is -2.09. The quantitative estimate of drug-likeness (QED) is 0.259. The second-order valence-electron chi connectivity index (χ2n) is 11.3. The molecule has 0 saturated carbocycles. The lowest BCUT2D eigenvalue weighted by atomic mass is 9.90. The first-order valence-electron chi connectivity index (χ1n) is 15.2. The normalized spacial score (nSPS) is 23.0. The van der Waals surface area contributed by atoms with Crippen LogP contribution >= 0.6 is 0 Å². The van der Waals surface area contributed by atoms with Gasteiger partial charge in [0, 0.05) is 13.2 Å². The van der Waals surface area contributed by atoms with E-state index < -0.39 is 0 Å². The molecule has 2 aliphatic carbocycles. The molecule has 33 heavy (non-hydrogen) atoms. The van der Waals surface area contributed by atoms with E-state index in [0.29, 0.717) is 11.8 Å². The Bertz CT molecular complexity index is 471. The third-order valence-corrected chi connectivity index (χ3v) is 8.31. The van der Waals surface area contributed by atoms with Crippen molar-refractivity contribution in [2.45, 2.75) is 155 Å². The van der Waals surface area contributed by atoms with E-state index in [-0.39, 0.29) is 0 Å². The highest BCUT2D eigenvalue weighted by atomic mass is 16.5. The Kier molecular flexibility index (Phi) is 17.1. The zero-order valence-electron chi connectivity index (χ0n) is 22.7. The SMILES string of the molecule is CC(CCOCCC(C)C1=CCCCCCCCCCC1)C1=CCCCCCCCCCC1. The van der Waals surface area contributed by atoms with Crippen LogP contribution in [0.2, 0.25) is 0 Å². The first-order chi connectivity index (χ1) is 16.3. The summed E-state index contributed by atoms with van der Waals surface area (Å²) in [6.07, 6.45) is 35.7. The second kappa shape index (κ2) is 19.7. The molecule has 2 unspecified atom stereocenters. The van der Waals surface area contributed by atoms with Crippen LogP contribution in [0.15, 0.2) is 23.3 Å². The van der Waals surface area contributed by atoms with Crippen molar-refractivity contribution in [2.75, 3.05) is 13.2 Å². The predicted molar refractivity (Wildman–Crippen MR) is 147 cm³/mol. The zero-order chi connectivity index (χ0) is 23.4. The molecular formula is C32H58O. The number of hydrogen-bond acceptors (Lipinski definition) is 1. The number of hydrogen-bond donors (Lipinski definition) is 0. The van der Waals surface area contributed by atoms with Gasteiger partial charge >= 0.3 is 0 Å². The largest absolute Gasteiger partial charge is 0.381 e. The molecule has 0 aliphatic heterocycles. The van der Waals surface area contributed by atoms with E-state index in [9.17, 15) is 0 Å². The van der Waals surface area contributed by atoms with Crippen LogP contribution in [0.5, 0.6) is 0 Å². The van der Waals surface area contributed by atoms with Crippen LogP contribution in [0.4, 0.5) is 0 Å². The zero-order valence-corrected chi connectivity index (χ0v) is 22.7. The molecule has 0 spiro atoms. The fourth-order valence-electron chi connectivity index (χ4n) is 5.74. The van der Waals surface area contributed by atoms with Gasteiger partial charge in [-0.25, -0.2) is 0 Å². The summed E-state index contributed by atoms with van der Waals surface area (Å²) >= 11 is 0. The molecule has 0 amide bonds. The molecule has 2 rings (SSSR count). The van der Waals surface area contributed by atoms with Crippen LogP contribution in [0.25, 0.3) is 0 Å². The summed E-state index contributed by atoms with van der Waals surface area (Å²) < 4.78 is 6.18. The molecule has 0 aromatic rings. The van der Waals surface area contributed by atoms with Crippen molar-refractivity contribution in [3.05, 3.63) is 23.3 Å².